The Bertz CT molecular complexity index is 916. The van der Waals surface area contributed by atoms with Crippen LogP contribution < -0.4 is 19.9 Å². The predicted molar refractivity (Wildman–Crippen MR) is 112 cm³/mol. The average Bonchev–Trinajstić information content (AvgIpc) is 2.79. The van der Waals surface area contributed by atoms with Crippen molar-refractivity contribution >= 4 is 28.9 Å². The first-order chi connectivity index (χ1) is 13.8. The van der Waals surface area contributed by atoms with Gasteiger partial charge >= 0.3 is 0 Å². The van der Waals surface area contributed by atoms with Crippen LogP contribution >= 0.6 is 0 Å². The number of amides is 2. The van der Waals surface area contributed by atoms with Crippen LogP contribution in [0.2, 0.25) is 0 Å². The molecule has 154 valence electrons. The van der Waals surface area contributed by atoms with Crippen LogP contribution in [0.3, 0.4) is 0 Å². The summed E-state index contributed by atoms with van der Waals surface area (Å²) in [5.41, 5.74) is 1.87. The summed E-state index contributed by atoms with van der Waals surface area (Å²) in [5, 5.41) is 2.86. The van der Waals surface area contributed by atoms with E-state index in [1.807, 2.05) is 43.9 Å². The maximum atomic E-state index is 14.2. The number of methoxy groups -OCH3 is 1. The van der Waals surface area contributed by atoms with Crippen molar-refractivity contribution < 1.29 is 18.7 Å². The van der Waals surface area contributed by atoms with E-state index in [2.05, 4.69) is 5.32 Å². The molecule has 2 amide bonds. The minimum atomic E-state index is -0.480. The smallest absolute Gasteiger partial charge is 0.246 e. The molecule has 3 rings (SSSR count). The fourth-order valence-electron chi connectivity index (χ4n) is 3.60. The predicted octanol–water partition coefficient (Wildman–Crippen LogP) is 3.81. The number of hydrogen-bond donors (Lipinski definition) is 1. The van der Waals surface area contributed by atoms with E-state index in [4.69, 9.17) is 4.74 Å². The lowest BCUT2D eigenvalue weighted by Gasteiger charge is -2.33. The number of para-hydroxylation sites is 2. The fourth-order valence-corrected chi connectivity index (χ4v) is 3.60. The number of rotatable bonds is 5. The molecule has 2 aromatic rings. The lowest BCUT2D eigenvalue weighted by atomic mass is 10.1. The second kappa shape index (κ2) is 8.51. The number of nitrogens with one attached hydrogen (secondary N) is 1. The lowest BCUT2D eigenvalue weighted by molar-refractivity contribution is -0.118. The Morgan fingerprint density at radius 3 is 2.69 bits per heavy atom. The van der Waals surface area contributed by atoms with E-state index in [0.29, 0.717) is 17.1 Å². The van der Waals surface area contributed by atoms with Gasteiger partial charge in [0.15, 0.2) is 11.6 Å². The zero-order chi connectivity index (χ0) is 21.1. The first-order valence-corrected chi connectivity index (χ1v) is 9.63. The minimum absolute atomic E-state index is 0.0379. The van der Waals surface area contributed by atoms with Crippen molar-refractivity contribution in [3.63, 3.8) is 0 Å². The number of carbonyl (C=O) groups is 2. The second-order valence-electron chi connectivity index (χ2n) is 7.42. The van der Waals surface area contributed by atoms with Gasteiger partial charge in [-0.3, -0.25) is 9.59 Å². The number of fused-ring (bicyclic) bond motifs is 1. The van der Waals surface area contributed by atoms with Gasteiger partial charge in [-0.15, -0.1) is 0 Å². The maximum absolute atomic E-state index is 14.2. The van der Waals surface area contributed by atoms with Crippen molar-refractivity contribution in [2.75, 3.05) is 28.8 Å². The zero-order valence-corrected chi connectivity index (χ0v) is 17.1. The summed E-state index contributed by atoms with van der Waals surface area (Å²) in [4.78, 5) is 29.0. The molecule has 29 heavy (non-hydrogen) atoms. The van der Waals surface area contributed by atoms with Crippen LogP contribution in [-0.4, -0.2) is 37.6 Å². The highest BCUT2D eigenvalue weighted by Crippen LogP contribution is 2.32. The Kier molecular flexibility index (Phi) is 6.06. The highest BCUT2D eigenvalue weighted by Gasteiger charge is 2.31. The monoisotopic (exact) mass is 399 g/mol. The number of benzene rings is 2. The summed E-state index contributed by atoms with van der Waals surface area (Å²) in [5.74, 6) is -0.612. The third-order valence-corrected chi connectivity index (χ3v) is 5.02. The molecule has 0 fully saturated rings. The SMILES string of the molecule is COc1ccc(N(CC(=O)N2c3ccccc3NC(=O)C[C@@H]2C)C(C)C)cc1F. The van der Waals surface area contributed by atoms with Crippen LogP contribution in [-0.2, 0) is 9.59 Å². The van der Waals surface area contributed by atoms with Gasteiger partial charge in [-0.05, 0) is 45.0 Å². The third-order valence-electron chi connectivity index (χ3n) is 5.02. The first-order valence-electron chi connectivity index (χ1n) is 9.63. The molecule has 0 aromatic heterocycles. The van der Waals surface area contributed by atoms with E-state index in [0.717, 1.165) is 0 Å². The molecule has 0 spiro atoms. The van der Waals surface area contributed by atoms with Crippen molar-refractivity contribution in [1.29, 1.82) is 0 Å². The van der Waals surface area contributed by atoms with E-state index in [9.17, 15) is 14.0 Å². The topological polar surface area (TPSA) is 61.9 Å². The summed E-state index contributed by atoms with van der Waals surface area (Å²) in [6.45, 7) is 5.79. The molecule has 6 nitrogen and oxygen atoms in total. The molecule has 1 aliphatic heterocycles. The van der Waals surface area contributed by atoms with E-state index >= 15 is 0 Å². The van der Waals surface area contributed by atoms with Crippen LogP contribution in [0, 0.1) is 5.82 Å². The molecular weight excluding hydrogens is 373 g/mol. The largest absolute Gasteiger partial charge is 0.494 e. The van der Waals surface area contributed by atoms with Crippen LogP contribution in [0.5, 0.6) is 5.75 Å². The van der Waals surface area contributed by atoms with Crippen LogP contribution in [0.15, 0.2) is 42.5 Å². The number of nitrogens with zero attached hydrogens (tertiary/aromatic N) is 2. The summed E-state index contributed by atoms with van der Waals surface area (Å²) in [7, 11) is 1.41. The van der Waals surface area contributed by atoms with Gasteiger partial charge < -0.3 is 19.9 Å². The molecule has 0 saturated heterocycles. The lowest BCUT2D eigenvalue weighted by Crippen LogP contribution is -2.47. The third kappa shape index (κ3) is 4.34. The van der Waals surface area contributed by atoms with Gasteiger partial charge in [0.2, 0.25) is 11.8 Å². The quantitative estimate of drug-likeness (QED) is 0.831. The summed E-state index contributed by atoms with van der Waals surface area (Å²) < 4.78 is 19.2. The summed E-state index contributed by atoms with van der Waals surface area (Å²) in [6.07, 6.45) is 0.208. The van der Waals surface area contributed by atoms with Gasteiger partial charge in [0.25, 0.3) is 0 Å². The molecule has 1 aliphatic rings. The molecule has 1 N–H and O–H groups in total. The molecule has 0 bridgehead atoms. The number of ether oxygens (including phenoxy) is 1. The molecule has 1 heterocycles. The second-order valence-corrected chi connectivity index (χ2v) is 7.42. The standard InChI is InChI=1S/C22H26FN3O3/c1-14(2)25(16-9-10-20(29-4)17(23)12-16)13-22(28)26-15(3)11-21(27)24-18-7-5-6-8-19(18)26/h5-10,12,14-15H,11,13H2,1-4H3,(H,24,27)/t15-/m0/s1. The number of anilines is 3. The van der Waals surface area contributed by atoms with Crippen molar-refractivity contribution in [2.24, 2.45) is 0 Å². The van der Waals surface area contributed by atoms with Gasteiger partial charge in [0, 0.05) is 30.3 Å². The Morgan fingerprint density at radius 1 is 1.31 bits per heavy atom. The van der Waals surface area contributed by atoms with Crippen LogP contribution in [0.4, 0.5) is 21.5 Å². The maximum Gasteiger partial charge on any atom is 0.246 e. The molecular formula is C22H26FN3O3. The number of hydrogen-bond acceptors (Lipinski definition) is 4. The average molecular weight is 399 g/mol. The summed E-state index contributed by atoms with van der Waals surface area (Å²) >= 11 is 0. The molecule has 0 aliphatic carbocycles. The van der Waals surface area contributed by atoms with E-state index in [1.165, 1.54) is 13.2 Å². The van der Waals surface area contributed by atoms with Crippen molar-refractivity contribution in [2.45, 2.75) is 39.3 Å². The zero-order valence-electron chi connectivity index (χ0n) is 17.1. The Hall–Kier alpha value is -3.09. The van der Waals surface area contributed by atoms with Crippen molar-refractivity contribution in [3.05, 3.63) is 48.3 Å². The molecule has 0 unspecified atom stereocenters. The normalized spacial score (nSPS) is 16.1. The highest BCUT2D eigenvalue weighted by atomic mass is 19.1. The van der Waals surface area contributed by atoms with Crippen molar-refractivity contribution in [1.82, 2.24) is 0 Å². The van der Waals surface area contributed by atoms with Crippen LogP contribution in [0.25, 0.3) is 0 Å². The summed E-state index contributed by atoms with van der Waals surface area (Å²) in [6, 6.07) is 11.6. The highest BCUT2D eigenvalue weighted by molar-refractivity contribution is 6.05. The Morgan fingerprint density at radius 2 is 2.03 bits per heavy atom. The number of carbonyl (C=O) groups excluding carboxylic acids is 2. The van der Waals surface area contributed by atoms with Gasteiger partial charge in [0.05, 0.1) is 25.0 Å². The Balaban J connectivity index is 1.92. The van der Waals surface area contributed by atoms with E-state index in [-0.39, 0.29) is 42.6 Å². The molecule has 1 atom stereocenters. The number of halogens is 1. The molecule has 7 heteroatoms. The van der Waals surface area contributed by atoms with Gasteiger partial charge in [0.1, 0.15) is 0 Å². The molecule has 2 aromatic carbocycles. The van der Waals surface area contributed by atoms with Gasteiger partial charge in [-0.1, -0.05) is 12.1 Å². The minimum Gasteiger partial charge on any atom is -0.494 e. The molecule has 0 radical (unpaired) electrons. The van der Waals surface area contributed by atoms with Gasteiger partial charge in [-0.25, -0.2) is 4.39 Å². The molecule has 0 saturated carbocycles. The fraction of sp³-hybridized carbons (Fsp3) is 0.364. The van der Waals surface area contributed by atoms with Crippen molar-refractivity contribution in [3.8, 4) is 5.75 Å². The first kappa shape index (κ1) is 20.6. The Labute approximate surface area is 170 Å². The van der Waals surface area contributed by atoms with E-state index in [1.54, 1.807) is 23.1 Å². The van der Waals surface area contributed by atoms with Gasteiger partial charge in [-0.2, -0.15) is 0 Å². The van der Waals surface area contributed by atoms with E-state index < -0.39 is 5.82 Å². The van der Waals surface area contributed by atoms with Crippen LogP contribution in [0.1, 0.15) is 27.2 Å².